The zero-order valence-electron chi connectivity index (χ0n) is 22.1. The largest absolute Gasteiger partial charge is 0.487 e. The molecular formula is C29H34FN3O4S. The summed E-state index contributed by atoms with van der Waals surface area (Å²) in [6.45, 7) is 4.10. The molecule has 0 spiro atoms. The van der Waals surface area contributed by atoms with E-state index in [0.29, 0.717) is 17.5 Å². The van der Waals surface area contributed by atoms with Crippen LogP contribution in [0.4, 0.5) is 10.1 Å². The van der Waals surface area contributed by atoms with E-state index in [1.54, 1.807) is 30.3 Å². The van der Waals surface area contributed by atoms with Gasteiger partial charge in [0.15, 0.2) is 0 Å². The number of benzene rings is 3. The van der Waals surface area contributed by atoms with Gasteiger partial charge in [-0.05, 0) is 48.7 Å². The molecule has 0 unspecified atom stereocenters. The number of hydrogen-bond donors (Lipinski definition) is 1. The summed E-state index contributed by atoms with van der Waals surface area (Å²) < 4.78 is 49.0. The van der Waals surface area contributed by atoms with Crippen LogP contribution in [0.2, 0.25) is 0 Å². The number of rotatable bonds is 9. The van der Waals surface area contributed by atoms with E-state index in [-0.39, 0.29) is 29.8 Å². The molecule has 0 radical (unpaired) electrons. The number of halogens is 1. The Morgan fingerprint density at radius 3 is 2.26 bits per heavy atom. The van der Waals surface area contributed by atoms with Crippen LogP contribution in [0, 0.1) is 5.82 Å². The summed E-state index contributed by atoms with van der Waals surface area (Å²) in [5.74, 6) is -0.0782. The lowest BCUT2D eigenvalue weighted by atomic mass is 9.83. The Morgan fingerprint density at radius 2 is 1.63 bits per heavy atom. The van der Waals surface area contributed by atoms with Crippen LogP contribution in [0.3, 0.4) is 0 Å². The minimum atomic E-state index is -3.97. The molecule has 0 bridgehead atoms. The Morgan fingerprint density at radius 1 is 1.00 bits per heavy atom. The van der Waals surface area contributed by atoms with Crippen LogP contribution >= 0.6 is 0 Å². The SMILES string of the molecule is CCC1(CC)C[C@@H](NC(=O)c2ccc(CN(c3ccccc3F)S(=O)(=O)N(C)C)cc2)c2ccccc2O1. The van der Waals surface area contributed by atoms with E-state index in [1.165, 1.54) is 32.3 Å². The molecule has 202 valence electrons. The van der Waals surface area contributed by atoms with Gasteiger partial charge in [0, 0.05) is 31.6 Å². The third kappa shape index (κ3) is 5.54. The number of carbonyl (C=O) groups excluding carboxylic acids is 1. The van der Waals surface area contributed by atoms with E-state index in [0.717, 1.165) is 32.8 Å². The van der Waals surface area contributed by atoms with Crippen molar-refractivity contribution in [1.29, 1.82) is 0 Å². The second-order valence-electron chi connectivity index (χ2n) is 9.71. The average molecular weight is 540 g/mol. The van der Waals surface area contributed by atoms with Crippen LogP contribution in [0.15, 0.2) is 72.8 Å². The van der Waals surface area contributed by atoms with Crippen LogP contribution in [-0.4, -0.2) is 38.3 Å². The highest BCUT2D eigenvalue weighted by Gasteiger charge is 2.39. The van der Waals surface area contributed by atoms with Gasteiger partial charge >= 0.3 is 10.2 Å². The molecule has 7 nitrogen and oxygen atoms in total. The van der Waals surface area contributed by atoms with Crippen molar-refractivity contribution in [2.24, 2.45) is 0 Å². The molecule has 1 heterocycles. The molecule has 1 aliphatic rings. The van der Waals surface area contributed by atoms with Gasteiger partial charge in [0.05, 0.1) is 18.3 Å². The molecule has 0 aromatic heterocycles. The lowest BCUT2D eigenvalue weighted by Gasteiger charge is -2.41. The third-order valence-corrected chi connectivity index (χ3v) is 9.00. The summed E-state index contributed by atoms with van der Waals surface area (Å²) in [6.07, 6.45) is 2.32. The van der Waals surface area contributed by atoms with Gasteiger partial charge in [0.2, 0.25) is 0 Å². The normalized spacial score (nSPS) is 16.4. The van der Waals surface area contributed by atoms with Crippen molar-refractivity contribution in [3.05, 3.63) is 95.3 Å². The molecule has 0 aliphatic carbocycles. The molecule has 9 heteroatoms. The fourth-order valence-electron chi connectivity index (χ4n) is 4.74. The number of para-hydroxylation sites is 2. The fraction of sp³-hybridized carbons (Fsp3) is 0.345. The first kappa shape index (κ1) is 27.6. The van der Waals surface area contributed by atoms with Crippen molar-refractivity contribution in [1.82, 2.24) is 9.62 Å². The summed E-state index contributed by atoms with van der Waals surface area (Å²) in [6, 6.07) is 20.0. The number of nitrogens with one attached hydrogen (secondary N) is 1. The average Bonchev–Trinajstić information content (AvgIpc) is 2.92. The van der Waals surface area contributed by atoms with Gasteiger partial charge in [0.25, 0.3) is 5.91 Å². The lowest BCUT2D eigenvalue weighted by Crippen LogP contribution is -2.44. The molecule has 0 saturated heterocycles. The Kier molecular flexibility index (Phi) is 8.08. The first-order valence-corrected chi connectivity index (χ1v) is 14.1. The first-order valence-electron chi connectivity index (χ1n) is 12.7. The predicted octanol–water partition coefficient (Wildman–Crippen LogP) is 5.45. The zero-order valence-corrected chi connectivity index (χ0v) is 23.0. The molecule has 38 heavy (non-hydrogen) atoms. The van der Waals surface area contributed by atoms with Crippen LogP contribution in [-0.2, 0) is 16.8 Å². The van der Waals surface area contributed by atoms with Crippen molar-refractivity contribution in [2.75, 3.05) is 18.4 Å². The van der Waals surface area contributed by atoms with E-state index >= 15 is 0 Å². The summed E-state index contributed by atoms with van der Waals surface area (Å²) in [7, 11) is -1.17. The van der Waals surface area contributed by atoms with Crippen molar-refractivity contribution in [3.63, 3.8) is 0 Å². The number of hydrogen-bond acceptors (Lipinski definition) is 4. The van der Waals surface area contributed by atoms with Crippen LogP contribution in [0.1, 0.15) is 60.6 Å². The van der Waals surface area contributed by atoms with Gasteiger partial charge in [-0.3, -0.25) is 9.10 Å². The molecule has 4 rings (SSSR count). The number of ether oxygens (including phenoxy) is 1. The monoisotopic (exact) mass is 539 g/mol. The Hall–Kier alpha value is -3.43. The highest BCUT2D eigenvalue weighted by Crippen LogP contribution is 2.42. The van der Waals surface area contributed by atoms with Gasteiger partial charge in [-0.25, -0.2) is 4.39 Å². The summed E-state index contributed by atoms with van der Waals surface area (Å²) in [4.78, 5) is 13.2. The predicted molar refractivity (Wildman–Crippen MR) is 147 cm³/mol. The van der Waals surface area contributed by atoms with E-state index in [9.17, 15) is 17.6 Å². The van der Waals surface area contributed by atoms with Gasteiger partial charge in [-0.2, -0.15) is 12.7 Å². The van der Waals surface area contributed by atoms with E-state index in [2.05, 4.69) is 19.2 Å². The molecule has 1 amide bonds. The van der Waals surface area contributed by atoms with Gasteiger partial charge in [-0.1, -0.05) is 56.3 Å². The van der Waals surface area contributed by atoms with Gasteiger partial charge in [0.1, 0.15) is 17.2 Å². The zero-order chi connectivity index (χ0) is 27.5. The van der Waals surface area contributed by atoms with Crippen molar-refractivity contribution in [3.8, 4) is 5.75 Å². The second-order valence-corrected chi connectivity index (χ2v) is 11.8. The smallest absolute Gasteiger partial charge is 0.303 e. The van der Waals surface area contributed by atoms with Crippen molar-refractivity contribution >= 4 is 21.8 Å². The summed E-state index contributed by atoms with van der Waals surface area (Å²) >= 11 is 0. The van der Waals surface area contributed by atoms with Crippen LogP contribution in [0.25, 0.3) is 0 Å². The first-order chi connectivity index (χ1) is 18.1. The Balaban J connectivity index is 1.55. The van der Waals surface area contributed by atoms with E-state index in [4.69, 9.17) is 4.74 Å². The van der Waals surface area contributed by atoms with Gasteiger partial charge in [-0.15, -0.1) is 0 Å². The maximum atomic E-state index is 14.6. The standard InChI is InChI=1S/C29H34FN3O4S/c1-5-29(6-2)19-25(23-11-7-10-14-27(23)37-29)31-28(34)22-17-15-21(16-18-22)20-33(38(35,36)32(3)4)26-13-9-8-12-24(26)30/h7-18,25H,5-6,19-20H2,1-4H3,(H,31,34)/t25-/m1/s1. The van der Waals surface area contributed by atoms with E-state index < -0.39 is 16.0 Å². The molecule has 0 fully saturated rings. The summed E-state index contributed by atoms with van der Waals surface area (Å²) in [5, 5.41) is 3.17. The molecule has 1 aliphatic heterocycles. The third-order valence-electron chi connectivity index (χ3n) is 7.19. The molecule has 1 atom stereocenters. The Labute approximate surface area is 224 Å². The number of nitrogens with zero attached hydrogens (tertiary/aromatic N) is 2. The highest BCUT2D eigenvalue weighted by atomic mass is 32.2. The quantitative estimate of drug-likeness (QED) is 0.392. The minimum Gasteiger partial charge on any atom is -0.487 e. The minimum absolute atomic E-state index is 0.0449. The number of amides is 1. The molecular weight excluding hydrogens is 505 g/mol. The molecule has 1 N–H and O–H groups in total. The molecule has 3 aromatic rings. The lowest BCUT2D eigenvalue weighted by molar-refractivity contribution is 0.0227. The maximum Gasteiger partial charge on any atom is 0.303 e. The second kappa shape index (κ2) is 11.1. The Bertz CT molecular complexity index is 1390. The fourth-order valence-corrected chi connectivity index (χ4v) is 5.84. The summed E-state index contributed by atoms with van der Waals surface area (Å²) in [5.41, 5.74) is 1.62. The van der Waals surface area contributed by atoms with Crippen molar-refractivity contribution in [2.45, 2.75) is 51.3 Å². The van der Waals surface area contributed by atoms with Crippen LogP contribution in [0.5, 0.6) is 5.75 Å². The number of anilines is 1. The maximum absolute atomic E-state index is 14.6. The van der Waals surface area contributed by atoms with Crippen LogP contribution < -0.4 is 14.4 Å². The van der Waals surface area contributed by atoms with Gasteiger partial charge < -0.3 is 10.1 Å². The molecule has 0 saturated carbocycles. The topological polar surface area (TPSA) is 79.0 Å². The number of fused-ring (bicyclic) bond motifs is 1. The number of carbonyl (C=O) groups is 1. The highest BCUT2D eigenvalue weighted by molar-refractivity contribution is 7.90. The van der Waals surface area contributed by atoms with Crippen molar-refractivity contribution < 1.29 is 22.3 Å². The molecule has 3 aromatic carbocycles. The van der Waals surface area contributed by atoms with E-state index in [1.807, 2.05) is 24.3 Å².